The van der Waals surface area contributed by atoms with Crippen LogP contribution in [0.15, 0.2) is 6.07 Å². The molecule has 2 heterocycles. The Hall–Kier alpha value is -1.09. The number of hydrogen-bond donors (Lipinski definition) is 1. The highest BCUT2D eigenvalue weighted by Gasteiger charge is 2.24. The molecule has 1 saturated heterocycles. The van der Waals surface area contributed by atoms with E-state index in [0.717, 1.165) is 35.6 Å². The average Bonchev–Trinajstić information content (AvgIpc) is 2.38. The summed E-state index contributed by atoms with van der Waals surface area (Å²) in [7, 11) is 0. The minimum absolute atomic E-state index is 0.0847. The number of aryl methyl sites for hydroxylation is 2. The van der Waals surface area contributed by atoms with Crippen molar-refractivity contribution in [3.63, 3.8) is 0 Å². The molecule has 18 heavy (non-hydrogen) atoms. The Labute approximate surface area is 110 Å². The van der Waals surface area contributed by atoms with Gasteiger partial charge in [-0.25, -0.2) is 4.98 Å². The minimum atomic E-state index is 0.0847. The zero-order valence-corrected chi connectivity index (χ0v) is 11.7. The molecule has 1 aliphatic heterocycles. The number of aromatic nitrogens is 1. The van der Waals surface area contributed by atoms with Crippen molar-refractivity contribution in [3.8, 4) is 0 Å². The van der Waals surface area contributed by atoms with Crippen LogP contribution in [0, 0.1) is 13.8 Å². The van der Waals surface area contributed by atoms with E-state index in [2.05, 4.69) is 24.8 Å². The maximum absolute atomic E-state index is 9.61. The summed E-state index contributed by atoms with van der Waals surface area (Å²) in [6.45, 7) is 7.49. The number of pyridine rings is 1. The Bertz CT molecular complexity index is 417. The summed E-state index contributed by atoms with van der Waals surface area (Å²) in [6.07, 6.45) is 4.94. The van der Waals surface area contributed by atoms with E-state index in [1.165, 1.54) is 19.3 Å². The zero-order chi connectivity index (χ0) is 13.1. The van der Waals surface area contributed by atoms with Crippen molar-refractivity contribution < 1.29 is 5.11 Å². The molecule has 1 unspecified atom stereocenters. The van der Waals surface area contributed by atoms with Crippen molar-refractivity contribution in [3.05, 3.63) is 22.9 Å². The molecule has 0 bridgehead atoms. The number of nitrogens with zero attached hydrogens (tertiary/aromatic N) is 2. The van der Waals surface area contributed by atoms with Gasteiger partial charge in [0.15, 0.2) is 0 Å². The number of piperidine rings is 1. The van der Waals surface area contributed by atoms with E-state index in [0.29, 0.717) is 6.04 Å². The number of rotatable bonds is 3. The lowest BCUT2D eigenvalue weighted by molar-refractivity contribution is 0.280. The number of anilines is 1. The Morgan fingerprint density at radius 3 is 2.83 bits per heavy atom. The molecule has 3 nitrogen and oxygen atoms in total. The molecule has 0 radical (unpaired) electrons. The van der Waals surface area contributed by atoms with Crippen LogP contribution in [-0.2, 0) is 6.61 Å². The van der Waals surface area contributed by atoms with Gasteiger partial charge in [0.05, 0.1) is 6.61 Å². The maximum Gasteiger partial charge on any atom is 0.134 e. The lowest BCUT2D eigenvalue weighted by Crippen LogP contribution is -2.40. The summed E-state index contributed by atoms with van der Waals surface area (Å²) in [4.78, 5) is 7.10. The van der Waals surface area contributed by atoms with Crippen LogP contribution in [0.4, 0.5) is 5.82 Å². The van der Waals surface area contributed by atoms with Crippen LogP contribution >= 0.6 is 0 Å². The van der Waals surface area contributed by atoms with Crippen molar-refractivity contribution in [2.45, 2.75) is 59.1 Å². The third kappa shape index (κ3) is 2.51. The van der Waals surface area contributed by atoms with E-state index in [1.54, 1.807) is 0 Å². The van der Waals surface area contributed by atoms with E-state index in [1.807, 2.05) is 6.92 Å². The molecule has 1 aliphatic rings. The molecular formula is C15H24N2O. The van der Waals surface area contributed by atoms with Gasteiger partial charge < -0.3 is 10.0 Å². The summed E-state index contributed by atoms with van der Waals surface area (Å²) < 4.78 is 0. The van der Waals surface area contributed by atoms with Crippen molar-refractivity contribution >= 4 is 5.82 Å². The van der Waals surface area contributed by atoms with Crippen LogP contribution in [0.2, 0.25) is 0 Å². The molecule has 2 rings (SSSR count). The quantitative estimate of drug-likeness (QED) is 0.893. The molecule has 0 amide bonds. The molecule has 100 valence electrons. The minimum Gasteiger partial charge on any atom is -0.392 e. The number of aliphatic hydroxyl groups excluding tert-OH is 1. The van der Waals surface area contributed by atoms with Gasteiger partial charge in [-0.1, -0.05) is 6.92 Å². The number of hydrogen-bond acceptors (Lipinski definition) is 3. The maximum atomic E-state index is 9.61. The highest BCUT2D eigenvalue weighted by Crippen LogP contribution is 2.29. The smallest absolute Gasteiger partial charge is 0.134 e. The Morgan fingerprint density at radius 1 is 1.39 bits per heavy atom. The second-order valence-electron chi connectivity index (χ2n) is 5.29. The van der Waals surface area contributed by atoms with Crippen molar-refractivity contribution in [2.24, 2.45) is 0 Å². The zero-order valence-electron chi connectivity index (χ0n) is 11.7. The molecule has 0 aromatic carbocycles. The van der Waals surface area contributed by atoms with Gasteiger partial charge in [-0.3, -0.25) is 0 Å². The first-order valence-electron chi connectivity index (χ1n) is 7.02. The van der Waals surface area contributed by atoms with Gasteiger partial charge >= 0.3 is 0 Å². The van der Waals surface area contributed by atoms with Crippen molar-refractivity contribution in [1.82, 2.24) is 4.98 Å². The second-order valence-corrected chi connectivity index (χ2v) is 5.29. The number of aliphatic hydroxyl groups is 1. The molecule has 1 aromatic heterocycles. The molecule has 1 N–H and O–H groups in total. The SMILES string of the molecule is CCC1CCCCN1c1nc(C)cc(C)c1CO. The van der Waals surface area contributed by atoms with Crippen LogP contribution in [0.1, 0.15) is 49.4 Å². The predicted molar refractivity (Wildman–Crippen MR) is 74.9 cm³/mol. The molecule has 3 heteroatoms. The molecule has 0 aliphatic carbocycles. The van der Waals surface area contributed by atoms with Crippen LogP contribution in [0.3, 0.4) is 0 Å². The van der Waals surface area contributed by atoms with Crippen LogP contribution in [0.25, 0.3) is 0 Å². The largest absolute Gasteiger partial charge is 0.392 e. The summed E-state index contributed by atoms with van der Waals surface area (Å²) in [5.74, 6) is 1.02. The molecular weight excluding hydrogens is 224 g/mol. The van der Waals surface area contributed by atoms with Crippen LogP contribution < -0.4 is 4.90 Å². The van der Waals surface area contributed by atoms with Gasteiger partial charge in [-0.2, -0.15) is 0 Å². The van der Waals surface area contributed by atoms with Crippen molar-refractivity contribution in [1.29, 1.82) is 0 Å². The van der Waals surface area contributed by atoms with Gasteiger partial charge in [0.1, 0.15) is 5.82 Å². The van der Waals surface area contributed by atoms with Gasteiger partial charge in [-0.15, -0.1) is 0 Å². The first-order chi connectivity index (χ1) is 8.67. The molecule has 0 saturated carbocycles. The summed E-state index contributed by atoms with van der Waals surface area (Å²) >= 11 is 0. The summed E-state index contributed by atoms with van der Waals surface area (Å²) in [5, 5.41) is 9.61. The lowest BCUT2D eigenvalue weighted by Gasteiger charge is -2.37. The second kappa shape index (κ2) is 5.70. The van der Waals surface area contributed by atoms with E-state index in [-0.39, 0.29) is 6.61 Å². The standard InChI is InChI=1S/C15H24N2O/c1-4-13-7-5-6-8-17(13)15-14(10-18)11(2)9-12(3)16-15/h9,13,18H,4-8,10H2,1-3H3. The monoisotopic (exact) mass is 248 g/mol. The van der Waals surface area contributed by atoms with Gasteiger partial charge in [0.25, 0.3) is 0 Å². The van der Waals surface area contributed by atoms with Crippen LogP contribution in [-0.4, -0.2) is 22.7 Å². The Kier molecular flexibility index (Phi) is 4.23. The molecule has 1 fully saturated rings. The first-order valence-corrected chi connectivity index (χ1v) is 7.02. The fraction of sp³-hybridized carbons (Fsp3) is 0.667. The third-order valence-corrected chi connectivity index (χ3v) is 3.98. The summed E-state index contributed by atoms with van der Waals surface area (Å²) in [5.41, 5.74) is 3.20. The van der Waals surface area contributed by atoms with Gasteiger partial charge in [0, 0.05) is 23.8 Å². The highest BCUT2D eigenvalue weighted by molar-refractivity contribution is 5.52. The fourth-order valence-corrected chi connectivity index (χ4v) is 2.98. The van der Waals surface area contributed by atoms with E-state index >= 15 is 0 Å². The first kappa shape index (κ1) is 13.3. The third-order valence-electron chi connectivity index (χ3n) is 3.98. The highest BCUT2D eigenvalue weighted by atomic mass is 16.3. The predicted octanol–water partition coefficient (Wildman–Crippen LogP) is 2.96. The van der Waals surface area contributed by atoms with E-state index in [9.17, 15) is 5.11 Å². The average molecular weight is 248 g/mol. The van der Waals surface area contributed by atoms with E-state index < -0.39 is 0 Å². The Balaban J connectivity index is 2.41. The molecule has 0 spiro atoms. The van der Waals surface area contributed by atoms with Gasteiger partial charge in [-0.05, 0) is 51.2 Å². The lowest BCUT2D eigenvalue weighted by atomic mass is 9.98. The molecule has 1 aromatic rings. The normalized spacial score (nSPS) is 20.2. The fourth-order valence-electron chi connectivity index (χ4n) is 2.98. The van der Waals surface area contributed by atoms with Gasteiger partial charge in [0.2, 0.25) is 0 Å². The Morgan fingerprint density at radius 2 is 2.17 bits per heavy atom. The summed E-state index contributed by atoms with van der Waals surface area (Å²) in [6, 6.07) is 2.64. The molecule has 1 atom stereocenters. The van der Waals surface area contributed by atoms with Crippen molar-refractivity contribution in [2.75, 3.05) is 11.4 Å². The van der Waals surface area contributed by atoms with E-state index in [4.69, 9.17) is 4.98 Å². The van der Waals surface area contributed by atoms with Crippen LogP contribution in [0.5, 0.6) is 0 Å². The topological polar surface area (TPSA) is 36.4 Å².